The molecule has 0 radical (unpaired) electrons. The molecular weight excluding hydrogens is 236 g/mol. The van der Waals surface area contributed by atoms with Gasteiger partial charge in [-0.05, 0) is 17.5 Å². The Morgan fingerprint density at radius 2 is 1.95 bits per heavy atom. The predicted molar refractivity (Wildman–Crippen MR) is 77.1 cm³/mol. The Hall–Kier alpha value is -1.87. The van der Waals surface area contributed by atoms with Crippen molar-refractivity contribution >= 4 is 0 Å². The van der Waals surface area contributed by atoms with Gasteiger partial charge in [0.05, 0.1) is 7.11 Å². The van der Waals surface area contributed by atoms with Crippen molar-refractivity contribution in [1.82, 2.24) is 10.3 Å². The van der Waals surface area contributed by atoms with E-state index in [1.807, 2.05) is 24.4 Å². The van der Waals surface area contributed by atoms with E-state index in [9.17, 15) is 0 Å². The molecule has 2 rings (SSSR count). The van der Waals surface area contributed by atoms with Gasteiger partial charge in [0.1, 0.15) is 0 Å². The van der Waals surface area contributed by atoms with Crippen molar-refractivity contribution in [3.05, 3.63) is 59.8 Å². The van der Waals surface area contributed by atoms with Gasteiger partial charge in [-0.25, -0.2) is 4.98 Å². The molecule has 0 spiro atoms. The normalized spacial score (nSPS) is 12.1. The average molecular weight is 256 g/mol. The van der Waals surface area contributed by atoms with Crippen LogP contribution in [-0.2, 0) is 6.54 Å². The molecule has 1 unspecified atom stereocenters. The minimum atomic E-state index is 0.378. The van der Waals surface area contributed by atoms with E-state index in [2.05, 4.69) is 41.5 Å². The monoisotopic (exact) mass is 256 g/mol. The van der Waals surface area contributed by atoms with Crippen molar-refractivity contribution in [1.29, 1.82) is 0 Å². The van der Waals surface area contributed by atoms with Gasteiger partial charge in [0.25, 0.3) is 0 Å². The molecule has 0 fully saturated rings. The van der Waals surface area contributed by atoms with Crippen LogP contribution in [-0.4, -0.2) is 12.1 Å². The van der Waals surface area contributed by atoms with Gasteiger partial charge in [-0.1, -0.05) is 43.3 Å². The fourth-order valence-electron chi connectivity index (χ4n) is 2.06. The van der Waals surface area contributed by atoms with Gasteiger partial charge in [0, 0.05) is 24.8 Å². The molecule has 0 aliphatic heterocycles. The van der Waals surface area contributed by atoms with Crippen molar-refractivity contribution in [2.24, 2.45) is 0 Å². The van der Waals surface area contributed by atoms with E-state index < -0.39 is 0 Å². The minimum absolute atomic E-state index is 0.378. The van der Waals surface area contributed by atoms with E-state index in [4.69, 9.17) is 4.74 Å². The van der Waals surface area contributed by atoms with E-state index in [1.165, 1.54) is 5.56 Å². The highest BCUT2D eigenvalue weighted by Gasteiger charge is 2.07. The van der Waals surface area contributed by atoms with Crippen LogP contribution in [0.3, 0.4) is 0 Å². The highest BCUT2D eigenvalue weighted by Crippen LogP contribution is 2.16. The quantitative estimate of drug-likeness (QED) is 0.860. The number of pyridine rings is 1. The van der Waals surface area contributed by atoms with E-state index in [-0.39, 0.29) is 0 Å². The SMILES string of the molecule is CCC(NCc1ccc(OC)nc1)c1ccccc1. The van der Waals surface area contributed by atoms with Crippen LogP contribution in [0.2, 0.25) is 0 Å². The number of ether oxygens (including phenoxy) is 1. The van der Waals surface area contributed by atoms with Crippen molar-refractivity contribution in [3.8, 4) is 5.88 Å². The first-order valence-electron chi connectivity index (χ1n) is 6.60. The fourth-order valence-corrected chi connectivity index (χ4v) is 2.06. The van der Waals surface area contributed by atoms with Crippen molar-refractivity contribution in [2.45, 2.75) is 25.9 Å². The number of aromatic nitrogens is 1. The number of hydrogen-bond acceptors (Lipinski definition) is 3. The summed E-state index contributed by atoms with van der Waals surface area (Å²) in [6, 6.07) is 14.8. The zero-order valence-corrected chi connectivity index (χ0v) is 11.5. The Balaban J connectivity index is 1.96. The first kappa shape index (κ1) is 13.6. The number of nitrogens with zero attached hydrogens (tertiary/aromatic N) is 1. The van der Waals surface area contributed by atoms with Crippen LogP contribution in [0.4, 0.5) is 0 Å². The lowest BCUT2D eigenvalue weighted by atomic mass is 10.0. The molecule has 100 valence electrons. The van der Waals surface area contributed by atoms with Crippen molar-refractivity contribution in [3.63, 3.8) is 0 Å². The average Bonchev–Trinajstić information content (AvgIpc) is 2.49. The number of hydrogen-bond donors (Lipinski definition) is 1. The van der Waals surface area contributed by atoms with Gasteiger partial charge >= 0.3 is 0 Å². The molecule has 2 aromatic rings. The highest BCUT2D eigenvalue weighted by atomic mass is 16.5. The van der Waals surface area contributed by atoms with Crippen LogP contribution in [0.15, 0.2) is 48.7 Å². The molecule has 0 saturated heterocycles. The van der Waals surface area contributed by atoms with Crippen LogP contribution in [0.25, 0.3) is 0 Å². The summed E-state index contributed by atoms with van der Waals surface area (Å²) in [6.07, 6.45) is 2.91. The zero-order valence-electron chi connectivity index (χ0n) is 11.5. The predicted octanol–water partition coefficient (Wildman–Crippen LogP) is 3.33. The Labute approximate surface area is 114 Å². The van der Waals surface area contributed by atoms with Gasteiger partial charge in [-0.2, -0.15) is 0 Å². The number of rotatable bonds is 6. The lowest BCUT2D eigenvalue weighted by Gasteiger charge is -2.17. The van der Waals surface area contributed by atoms with E-state index in [0.29, 0.717) is 11.9 Å². The molecule has 3 heteroatoms. The summed E-state index contributed by atoms with van der Waals surface area (Å²) < 4.78 is 5.05. The summed E-state index contributed by atoms with van der Waals surface area (Å²) in [5, 5.41) is 3.56. The molecule has 1 aromatic heterocycles. The topological polar surface area (TPSA) is 34.1 Å². The number of nitrogens with one attached hydrogen (secondary N) is 1. The molecule has 1 atom stereocenters. The summed E-state index contributed by atoms with van der Waals surface area (Å²) >= 11 is 0. The Morgan fingerprint density at radius 3 is 2.53 bits per heavy atom. The first-order valence-corrected chi connectivity index (χ1v) is 6.60. The largest absolute Gasteiger partial charge is 0.481 e. The Bertz CT molecular complexity index is 482. The third-order valence-corrected chi connectivity index (χ3v) is 3.17. The molecule has 0 amide bonds. The minimum Gasteiger partial charge on any atom is -0.481 e. The fraction of sp³-hybridized carbons (Fsp3) is 0.312. The zero-order chi connectivity index (χ0) is 13.5. The third kappa shape index (κ3) is 3.80. The standard InChI is InChI=1S/C16H20N2O/c1-3-15(14-7-5-4-6-8-14)17-11-13-9-10-16(19-2)18-12-13/h4-10,12,15,17H,3,11H2,1-2H3. The number of methoxy groups -OCH3 is 1. The van der Waals surface area contributed by atoms with Crippen LogP contribution in [0.1, 0.15) is 30.5 Å². The molecule has 1 heterocycles. The molecule has 0 saturated carbocycles. The maximum Gasteiger partial charge on any atom is 0.212 e. The molecule has 0 bridgehead atoms. The molecule has 3 nitrogen and oxygen atoms in total. The van der Waals surface area contributed by atoms with Crippen molar-refractivity contribution < 1.29 is 4.74 Å². The summed E-state index contributed by atoms with van der Waals surface area (Å²) in [5.74, 6) is 0.652. The van der Waals surface area contributed by atoms with Gasteiger partial charge in [0.15, 0.2) is 0 Å². The lowest BCUT2D eigenvalue weighted by Crippen LogP contribution is -2.20. The van der Waals surface area contributed by atoms with Gasteiger partial charge < -0.3 is 10.1 Å². The van der Waals surface area contributed by atoms with E-state index in [1.54, 1.807) is 7.11 Å². The molecular formula is C16H20N2O. The van der Waals surface area contributed by atoms with Gasteiger partial charge in [0.2, 0.25) is 5.88 Å². The molecule has 0 aliphatic rings. The van der Waals surface area contributed by atoms with E-state index >= 15 is 0 Å². The summed E-state index contributed by atoms with van der Waals surface area (Å²) in [6.45, 7) is 3.00. The smallest absolute Gasteiger partial charge is 0.212 e. The second-order valence-corrected chi connectivity index (χ2v) is 4.46. The summed E-state index contributed by atoms with van der Waals surface area (Å²) in [5.41, 5.74) is 2.49. The lowest BCUT2D eigenvalue weighted by molar-refractivity contribution is 0.397. The van der Waals surface area contributed by atoms with Crippen LogP contribution < -0.4 is 10.1 Å². The maximum absolute atomic E-state index is 5.05. The van der Waals surface area contributed by atoms with Crippen LogP contribution >= 0.6 is 0 Å². The maximum atomic E-state index is 5.05. The molecule has 19 heavy (non-hydrogen) atoms. The van der Waals surface area contributed by atoms with Crippen LogP contribution in [0, 0.1) is 0 Å². The van der Waals surface area contributed by atoms with Gasteiger partial charge in [-0.15, -0.1) is 0 Å². The van der Waals surface area contributed by atoms with Crippen molar-refractivity contribution in [2.75, 3.05) is 7.11 Å². The third-order valence-electron chi connectivity index (χ3n) is 3.17. The van der Waals surface area contributed by atoms with E-state index in [0.717, 1.165) is 18.5 Å². The molecule has 1 aromatic carbocycles. The first-order chi connectivity index (χ1) is 9.33. The summed E-state index contributed by atoms with van der Waals surface area (Å²) in [7, 11) is 1.63. The van der Waals surface area contributed by atoms with Gasteiger partial charge in [-0.3, -0.25) is 0 Å². The molecule has 0 aliphatic carbocycles. The Morgan fingerprint density at radius 1 is 1.16 bits per heavy atom. The second kappa shape index (κ2) is 6.90. The number of benzene rings is 1. The molecule has 1 N–H and O–H groups in total. The highest BCUT2D eigenvalue weighted by molar-refractivity contribution is 5.20. The second-order valence-electron chi connectivity index (χ2n) is 4.46. The Kier molecular flexibility index (Phi) is 4.93. The summed E-state index contributed by atoms with van der Waals surface area (Å²) in [4.78, 5) is 4.21. The van der Waals surface area contributed by atoms with Crippen LogP contribution in [0.5, 0.6) is 5.88 Å².